The summed E-state index contributed by atoms with van der Waals surface area (Å²) < 4.78 is 31.3. The molecule has 0 radical (unpaired) electrons. The summed E-state index contributed by atoms with van der Waals surface area (Å²) in [5.74, 6) is -0.265. The van der Waals surface area contributed by atoms with Crippen molar-refractivity contribution in [2.75, 3.05) is 12.3 Å². The van der Waals surface area contributed by atoms with Crippen molar-refractivity contribution in [1.29, 1.82) is 0 Å². The first-order valence-electron chi connectivity index (χ1n) is 8.71. The van der Waals surface area contributed by atoms with Crippen LogP contribution < -0.4 is 0 Å². The van der Waals surface area contributed by atoms with Gasteiger partial charge in [0.1, 0.15) is 5.60 Å². The minimum Gasteiger partial charge on any atom is -0.444 e. The molecule has 1 amide bonds. The molecule has 0 spiro atoms. The topological polar surface area (TPSA) is 89.5 Å². The zero-order chi connectivity index (χ0) is 19.8. The van der Waals surface area contributed by atoms with Crippen molar-refractivity contribution < 1.29 is 17.9 Å². The van der Waals surface area contributed by atoms with E-state index in [0.29, 0.717) is 24.0 Å². The molecule has 1 atom stereocenters. The van der Waals surface area contributed by atoms with Gasteiger partial charge in [-0.15, -0.1) is 0 Å². The number of carbonyl (C=O) groups is 1. The molecular formula is C18H22ClN3O4S. The molecule has 2 aromatic rings. The molecule has 1 saturated heterocycles. The number of fused-ring (bicyclic) bond motifs is 1. The van der Waals surface area contributed by atoms with E-state index in [1.54, 1.807) is 45.0 Å². The first-order valence-corrected chi connectivity index (χ1v) is 10.7. The van der Waals surface area contributed by atoms with Crippen LogP contribution in [0.5, 0.6) is 0 Å². The summed E-state index contributed by atoms with van der Waals surface area (Å²) in [6, 6.07) is 6.45. The van der Waals surface area contributed by atoms with E-state index in [1.165, 1.54) is 4.90 Å². The normalized spacial score (nSPS) is 18.1. The molecule has 27 heavy (non-hydrogen) atoms. The van der Waals surface area contributed by atoms with Gasteiger partial charge in [0.15, 0.2) is 10.2 Å². The van der Waals surface area contributed by atoms with Gasteiger partial charge in [0.2, 0.25) is 9.84 Å². The van der Waals surface area contributed by atoms with Crippen LogP contribution in [-0.2, 0) is 14.6 Å². The molecular weight excluding hydrogens is 390 g/mol. The summed E-state index contributed by atoms with van der Waals surface area (Å²) in [7, 11) is -3.83. The lowest BCUT2D eigenvalue weighted by Crippen LogP contribution is -2.42. The number of benzene rings is 1. The molecule has 0 saturated carbocycles. The minimum absolute atomic E-state index is 0.157. The molecule has 0 N–H and O–H groups in total. The Balaban J connectivity index is 1.85. The van der Waals surface area contributed by atoms with E-state index >= 15 is 0 Å². The maximum atomic E-state index is 12.9. The number of para-hydroxylation sites is 2. The van der Waals surface area contributed by atoms with Gasteiger partial charge in [0.05, 0.1) is 16.8 Å². The first-order chi connectivity index (χ1) is 12.6. The van der Waals surface area contributed by atoms with Crippen LogP contribution in [0, 0.1) is 0 Å². The van der Waals surface area contributed by atoms with Crippen LogP contribution in [0.3, 0.4) is 0 Å². The summed E-state index contributed by atoms with van der Waals surface area (Å²) in [5.41, 5.74) is 0.338. The quantitative estimate of drug-likeness (QED) is 0.768. The molecule has 0 bridgehead atoms. The van der Waals surface area contributed by atoms with E-state index in [4.69, 9.17) is 16.3 Å². The van der Waals surface area contributed by atoms with Crippen LogP contribution in [-0.4, -0.2) is 53.3 Å². The van der Waals surface area contributed by atoms with Gasteiger partial charge in [-0.2, -0.15) is 0 Å². The number of aromatic nitrogens is 2. The fourth-order valence-electron chi connectivity index (χ4n) is 3.06. The summed E-state index contributed by atoms with van der Waals surface area (Å²) in [6.07, 6.45) is 0.795. The highest BCUT2D eigenvalue weighted by molar-refractivity contribution is 7.91. The van der Waals surface area contributed by atoms with Crippen LogP contribution in [0.4, 0.5) is 4.79 Å². The summed E-state index contributed by atoms with van der Waals surface area (Å²) in [6.45, 7) is 5.79. The van der Waals surface area contributed by atoms with Gasteiger partial charge >= 0.3 is 6.09 Å². The Morgan fingerprint density at radius 3 is 2.52 bits per heavy atom. The van der Waals surface area contributed by atoms with Crippen LogP contribution in [0.15, 0.2) is 29.3 Å². The highest BCUT2D eigenvalue weighted by atomic mass is 35.5. The number of hydrogen-bond donors (Lipinski definition) is 0. The zero-order valence-electron chi connectivity index (χ0n) is 15.5. The molecule has 0 unspecified atom stereocenters. The van der Waals surface area contributed by atoms with E-state index in [0.717, 1.165) is 6.42 Å². The number of carbonyl (C=O) groups excluding carboxylic acids is 1. The van der Waals surface area contributed by atoms with E-state index < -0.39 is 27.6 Å². The Kier molecular flexibility index (Phi) is 5.31. The Morgan fingerprint density at radius 2 is 1.89 bits per heavy atom. The molecule has 1 fully saturated rings. The third kappa shape index (κ3) is 4.50. The number of amides is 1. The number of nitrogens with zero attached hydrogens (tertiary/aromatic N) is 3. The minimum atomic E-state index is -3.83. The molecule has 146 valence electrons. The summed E-state index contributed by atoms with van der Waals surface area (Å²) in [4.78, 5) is 22.2. The maximum Gasteiger partial charge on any atom is 0.410 e. The van der Waals surface area contributed by atoms with Crippen molar-refractivity contribution in [3.63, 3.8) is 0 Å². The molecule has 0 aliphatic carbocycles. The lowest BCUT2D eigenvalue weighted by atomic mass is 10.2. The number of likely N-dealkylation sites (tertiary alicyclic amines) is 1. The monoisotopic (exact) mass is 411 g/mol. The molecule has 9 heteroatoms. The van der Waals surface area contributed by atoms with E-state index in [2.05, 4.69) is 9.97 Å². The number of ether oxygens (including phenoxy) is 1. The Labute approximate surface area is 163 Å². The highest BCUT2D eigenvalue weighted by Gasteiger charge is 2.36. The standard InChI is InChI=1S/C18H22ClN3O4S/c1-18(2,3)26-17(23)22-10-6-7-12(22)11-27(24,25)16-15(19)20-13-8-4-5-9-14(13)21-16/h4-5,8-9,12H,6-7,10-11H2,1-3H3/t12-/m1/s1. The second kappa shape index (κ2) is 7.24. The predicted molar refractivity (Wildman–Crippen MR) is 103 cm³/mol. The number of hydrogen-bond acceptors (Lipinski definition) is 6. The SMILES string of the molecule is CC(C)(C)OC(=O)N1CCC[C@@H]1CS(=O)(=O)c1nc2ccccc2nc1Cl. The number of halogens is 1. The third-order valence-corrected chi connectivity index (χ3v) is 6.28. The number of sulfone groups is 1. The van der Waals surface area contributed by atoms with Gasteiger partial charge in [-0.05, 0) is 45.7 Å². The molecule has 1 aliphatic heterocycles. The fourth-order valence-corrected chi connectivity index (χ4v) is 5.10. The van der Waals surface area contributed by atoms with Crippen molar-refractivity contribution in [2.45, 2.75) is 50.3 Å². The Bertz CT molecular complexity index is 972. The van der Waals surface area contributed by atoms with Gasteiger partial charge < -0.3 is 9.64 Å². The van der Waals surface area contributed by atoms with Crippen LogP contribution in [0.25, 0.3) is 11.0 Å². The Morgan fingerprint density at radius 1 is 1.26 bits per heavy atom. The number of rotatable bonds is 3. The van der Waals surface area contributed by atoms with Crippen molar-refractivity contribution in [1.82, 2.24) is 14.9 Å². The second-order valence-electron chi connectivity index (χ2n) is 7.56. The van der Waals surface area contributed by atoms with Crippen LogP contribution in [0.1, 0.15) is 33.6 Å². The molecule has 2 heterocycles. The lowest BCUT2D eigenvalue weighted by molar-refractivity contribution is 0.0241. The van der Waals surface area contributed by atoms with Crippen molar-refractivity contribution in [3.05, 3.63) is 29.4 Å². The molecule has 1 aliphatic rings. The fraction of sp³-hybridized carbons (Fsp3) is 0.500. The predicted octanol–water partition coefficient (Wildman–Crippen LogP) is 3.46. The first kappa shape index (κ1) is 19.8. The summed E-state index contributed by atoms with van der Waals surface area (Å²) in [5, 5.41) is -0.408. The molecule has 1 aromatic heterocycles. The van der Waals surface area contributed by atoms with Crippen LogP contribution in [0.2, 0.25) is 5.15 Å². The van der Waals surface area contributed by atoms with Gasteiger partial charge in [-0.25, -0.2) is 23.2 Å². The smallest absolute Gasteiger partial charge is 0.410 e. The van der Waals surface area contributed by atoms with E-state index in [-0.39, 0.29) is 15.9 Å². The van der Waals surface area contributed by atoms with Gasteiger partial charge in [-0.3, -0.25) is 0 Å². The van der Waals surface area contributed by atoms with Gasteiger partial charge in [-0.1, -0.05) is 23.7 Å². The Hall–Kier alpha value is -1.93. The maximum absolute atomic E-state index is 12.9. The lowest BCUT2D eigenvalue weighted by Gasteiger charge is -2.28. The van der Waals surface area contributed by atoms with Crippen molar-refractivity contribution in [2.24, 2.45) is 0 Å². The second-order valence-corrected chi connectivity index (χ2v) is 9.87. The van der Waals surface area contributed by atoms with Gasteiger partial charge in [0, 0.05) is 12.6 Å². The highest BCUT2D eigenvalue weighted by Crippen LogP contribution is 2.27. The van der Waals surface area contributed by atoms with Crippen molar-refractivity contribution >= 4 is 38.6 Å². The van der Waals surface area contributed by atoms with Crippen LogP contribution >= 0.6 is 11.6 Å². The summed E-state index contributed by atoms with van der Waals surface area (Å²) >= 11 is 6.10. The van der Waals surface area contributed by atoms with E-state index in [1.807, 2.05) is 0 Å². The average Bonchev–Trinajstić information content (AvgIpc) is 3.00. The molecule has 3 rings (SSSR count). The third-order valence-electron chi connectivity index (χ3n) is 4.21. The average molecular weight is 412 g/mol. The largest absolute Gasteiger partial charge is 0.444 e. The van der Waals surface area contributed by atoms with Gasteiger partial charge in [0.25, 0.3) is 0 Å². The molecule has 1 aromatic carbocycles. The van der Waals surface area contributed by atoms with E-state index in [9.17, 15) is 13.2 Å². The zero-order valence-corrected chi connectivity index (χ0v) is 17.0. The molecule has 7 nitrogen and oxygen atoms in total. The van der Waals surface area contributed by atoms with Crippen molar-refractivity contribution in [3.8, 4) is 0 Å².